The van der Waals surface area contributed by atoms with Crippen molar-refractivity contribution >= 4 is 5.97 Å². The molecule has 2 fully saturated rings. The molecule has 1 aliphatic carbocycles. The van der Waals surface area contributed by atoms with Gasteiger partial charge in [-0.05, 0) is 24.7 Å². The van der Waals surface area contributed by atoms with Crippen LogP contribution >= 0.6 is 0 Å². The second-order valence-electron chi connectivity index (χ2n) is 4.30. The molecule has 3 nitrogen and oxygen atoms in total. The van der Waals surface area contributed by atoms with Gasteiger partial charge in [-0.2, -0.15) is 8.78 Å². The summed E-state index contributed by atoms with van der Waals surface area (Å²) in [5.41, 5.74) is 0. The zero-order chi connectivity index (χ0) is 10.3. The van der Waals surface area contributed by atoms with Gasteiger partial charge in [-0.1, -0.05) is 0 Å². The van der Waals surface area contributed by atoms with Crippen LogP contribution in [0, 0.1) is 11.8 Å². The van der Waals surface area contributed by atoms with E-state index in [0.29, 0.717) is 24.9 Å². The summed E-state index contributed by atoms with van der Waals surface area (Å²) in [7, 11) is 0. The maximum Gasteiger partial charge on any atom is 0.375 e. The number of halogens is 2. The number of alkyl halides is 2. The second kappa shape index (κ2) is 3.15. The van der Waals surface area contributed by atoms with Gasteiger partial charge in [0.1, 0.15) is 0 Å². The Hall–Kier alpha value is -0.710. The van der Waals surface area contributed by atoms with Crippen LogP contribution in [0.15, 0.2) is 0 Å². The molecule has 0 aromatic heterocycles. The molecule has 1 saturated heterocycles. The Morgan fingerprint density at radius 2 is 1.86 bits per heavy atom. The molecular formula is C9H13F2NO2. The molecule has 80 valence electrons. The normalized spacial score (nSPS) is 32.4. The molecule has 1 heterocycles. The Kier molecular flexibility index (Phi) is 2.21. The Morgan fingerprint density at radius 1 is 1.36 bits per heavy atom. The summed E-state index contributed by atoms with van der Waals surface area (Å²) in [6, 6.07) is 0. The molecule has 0 spiro atoms. The molecule has 2 atom stereocenters. The summed E-state index contributed by atoms with van der Waals surface area (Å²) in [6.45, 7) is 0.663. The summed E-state index contributed by atoms with van der Waals surface area (Å²) >= 11 is 0. The minimum atomic E-state index is -3.59. The molecule has 14 heavy (non-hydrogen) atoms. The molecule has 5 heteroatoms. The number of fused-ring (bicyclic) bond motifs is 1. The molecule has 1 aliphatic heterocycles. The van der Waals surface area contributed by atoms with Gasteiger partial charge in [0.15, 0.2) is 0 Å². The molecule has 0 aromatic carbocycles. The van der Waals surface area contributed by atoms with E-state index in [4.69, 9.17) is 5.11 Å². The van der Waals surface area contributed by atoms with Gasteiger partial charge in [0, 0.05) is 13.1 Å². The van der Waals surface area contributed by atoms with Crippen LogP contribution in [-0.2, 0) is 4.79 Å². The van der Waals surface area contributed by atoms with Crippen molar-refractivity contribution in [1.82, 2.24) is 4.90 Å². The smallest absolute Gasteiger partial charge is 0.375 e. The van der Waals surface area contributed by atoms with E-state index in [1.807, 2.05) is 0 Å². The first kappa shape index (κ1) is 9.83. The first-order chi connectivity index (χ1) is 6.49. The van der Waals surface area contributed by atoms with Gasteiger partial charge in [-0.15, -0.1) is 0 Å². The fraction of sp³-hybridized carbons (Fsp3) is 0.889. The van der Waals surface area contributed by atoms with Crippen molar-refractivity contribution in [2.75, 3.05) is 19.6 Å². The number of carbonyl (C=O) groups is 1. The third-order valence-electron chi connectivity index (χ3n) is 3.30. The van der Waals surface area contributed by atoms with Crippen LogP contribution in [-0.4, -0.2) is 41.5 Å². The molecule has 2 aliphatic rings. The van der Waals surface area contributed by atoms with Crippen molar-refractivity contribution in [3.8, 4) is 0 Å². The van der Waals surface area contributed by atoms with E-state index in [9.17, 15) is 13.6 Å². The van der Waals surface area contributed by atoms with Crippen LogP contribution in [0.5, 0.6) is 0 Å². The van der Waals surface area contributed by atoms with Crippen LogP contribution in [0.1, 0.15) is 12.8 Å². The lowest BCUT2D eigenvalue weighted by Crippen LogP contribution is -2.41. The lowest BCUT2D eigenvalue weighted by atomic mass is 9.77. The van der Waals surface area contributed by atoms with E-state index >= 15 is 0 Å². The summed E-state index contributed by atoms with van der Waals surface area (Å²) in [6.07, 6.45) is 2.22. The van der Waals surface area contributed by atoms with Gasteiger partial charge in [0.2, 0.25) is 0 Å². The predicted molar refractivity (Wildman–Crippen MR) is 45.2 cm³/mol. The Labute approximate surface area is 80.7 Å². The molecule has 0 radical (unpaired) electrons. The van der Waals surface area contributed by atoms with E-state index in [1.54, 1.807) is 4.90 Å². The molecule has 0 bridgehead atoms. The molecule has 2 rings (SSSR count). The van der Waals surface area contributed by atoms with Gasteiger partial charge in [-0.3, -0.25) is 4.90 Å². The highest BCUT2D eigenvalue weighted by Gasteiger charge is 2.46. The van der Waals surface area contributed by atoms with E-state index in [1.165, 1.54) is 0 Å². The van der Waals surface area contributed by atoms with E-state index in [-0.39, 0.29) is 0 Å². The summed E-state index contributed by atoms with van der Waals surface area (Å²) in [5.74, 6) is -4.53. The Bertz CT molecular complexity index is 245. The molecule has 1 N–H and O–H groups in total. The number of hydrogen-bond acceptors (Lipinski definition) is 2. The highest BCUT2D eigenvalue weighted by atomic mass is 19.3. The Balaban J connectivity index is 1.89. The van der Waals surface area contributed by atoms with E-state index in [0.717, 1.165) is 12.8 Å². The molecule has 0 unspecified atom stereocenters. The van der Waals surface area contributed by atoms with Crippen molar-refractivity contribution < 1.29 is 18.7 Å². The van der Waals surface area contributed by atoms with Crippen LogP contribution in [0.4, 0.5) is 8.78 Å². The lowest BCUT2D eigenvalue weighted by molar-refractivity contribution is -0.167. The zero-order valence-corrected chi connectivity index (χ0v) is 7.75. The highest BCUT2D eigenvalue weighted by Crippen LogP contribution is 2.40. The number of carboxylic acid groups (broad SMARTS) is 1. The number of carboxylic acids is 1. The monoisotopic (exact) mass is 205 g/mol. The third-order valence-corrected chi connectivity index (χ3v) is 3.30. The number of hydrogen-bond donors (Lipinski definition) is 1. The van der Waals surface area contributed by atoms with Gasteiger partial charge in [0.25, 0.3) is 0 Å². The summed E-state index contributed by atoms with van der Waals surface area (Å²) in [4.78, 5) is 11.8. The van der Waals surface area contributed by atoms with Crippen LogP contribution in [0.3, 0.4) is 0 Å². The average Bonchev–Trinajstić information content (AvgIpc) is 2.30. The largest absolute Gasteiger partial charge is 0.477 e. The van der Waals surface area contributed by atoms with Crippen molar-refractivity contribution in [1.29, 1.82) is 0 Å². The van der Waals surface area contributed by atoms with Crippen LogP contribution in [0.25, 0.3) is 0 Å². The van der Waals surface area contributed by atoms with Gasteiger partial charge in [-0.25, -0.2) is 4.79 Å². The molecular weight excluding hydrogens is 192 g/mol. The quantitative estimate of drug-likeness (QED) is 0.748. The number of aliphatic carboxylic acids is 1. The van der Waals surface area contributed by atoms with E-state index < -0.39 is 18.4 Å². The topological polar surface area (TPSA) is 40.5 Å². The van der Waals surface area contributed by atoms with Crippen LogP contribution in [0.2, 0.25) is 0 Å². The number of rotatable bonds is 3. The zero-order valence-electron chi connectivity index (χ0n) is 7.75. The minimum absolute atomic E-state index is 0.541. The van der Waals surface area contributed by atoms with Gasteiger partial charge < -0.3 is 5.11 Å². The molecule has 1 saturated carbocycles. The maximum absolute atomic E-state index is 12.8. The van der Waals surface area contributed by atoms with Crippen molar-refractivity contribution in [3.63, 3.8) is 0 Å². The second-order valence-corrected chi connectivity index (χ2v) is 4.30. The number of likely N-dealkylation sites (tertiary alicyclic amines) is 1. The molecule has 0 amide bonds. The SMILES string of the molecule is O=C(O)C(F)(F)CN1C[C@H]2CC[C@H]2C1. The standard InChI is InChI=1S/C9H13F2NO2/c10-9(11,8(13)14)5-12-3-6-1-2-7(6)4-12/h6-7H,1-5H2,(H,13,14)/t6-,7+. The average molecular weight is 205 g/mol. The van der Waals surface area contributed by atoms with E-state index in [2.05, 4.69) is 0 Å². The fourth-order valence-corrected chi connectivity index (χ4v) is 2.33. The Morgan fingerprint density at radius 3 is 2.21 bits per heavy atom. The fourth-order valence-electron chi connectivity index (χ4n) is 2.33. The summed E-state index contributed by atoms with van der Waals surface area (Å²) < 4.78 is 25.7. The first-order valence-corrected chi connectivity index (χ1v) is 4.82. The highest BCUT2D eigenvalue weighted by molar-refractivity contribution is 5.75. The minimum Gasteiger partial charge on any atom is -0.477 e. The third kappa shape index (κ3) is 1.61. The van der Waals surface area contributed by atoms with Gasteiger partial charge in [0.05, 0.1) is 6.54 Å². The lowest BCUT2D eigenvalue weighted by Gasteiger charge is -2.28. The first-order valence-electron chi connectivity index (χ1n) is 4.82. The van der Waals surface area contributed by atoms with Crippen molar-refractivity contribution in [2.45, 2.75) is 18.8 Å². The van der Waals surface area contributed by atoms with Crippen molar-refractivity contribution in [2.24, 2.45) is 11.8 Å². The predicted octanol–water partition coefficient (Wildman–Crippen LogP) is 1.05. The van der Waals surface area contributed by atoms with Crippen molar-refractivity contribution in [3.05, 3.63) is 0 Å². The maximum atomic E-state index is 12.8. The van der Waals surface area contributed by atoms with Gasteiger partial charge >= 0.3 is 11.9 Å². The number of nitrogens with zero attached hydrogens (tertiary/aromatic N) is 1. The summed E-state index contributed by atoms with van der Waals surface area (Å²) in [5, 5.41) is 8.27. The van der Waals surface area contributed by atoms with Crippen LogP contribution < -0.4 is 0 Å². The molecule has 0 aromatic rings.